The molecule has 0 aliphatic rings. The van der Waals surface area contributed by atoms with Gasteiger partial charge in [-0.3, -0.25) is 0 Å². The number of nitrogens with zero attached hydrogens (tertiary/aromatic N) is 3. The van der Waals surface area contributed by atoms with Crippen LogP contribution in [0, 0.1) is 22.7 Å². The quantitative estimate of drug-likeness (QED) is 0.515. The van der Waals surface area contributed by atoms with Gasteiger partial charge in [-0.25, -0.2) is 9.78 Å². The molecular formula is C20H14N4O3S. The Bertz CT molecular complexity index is 1110. The number of pyridine rings is 1. The smallest absolute Gasteiger partial charge is 0.337 e. The van der Waals surface area contributed by atoms with Crippen LogP contribution in [0.1, 0.15) is 27.0 Å². The Morgan fingerprint density at radius 3 is 2.68 bits per heavy atom. The highest BCUT2D eigenvalue weighted by Gasteiger charge is 2.22. The Balaban J connectivity index is 1.99. The molecule has 3 rings (SSSR count). The number of furan rings is 1. The molecule has 3 aromatic rings. The van der Waals surface area contributed by atoms with Crippen LogP contribution >= 0.6 is 11.8 Å². The summed E-state index contributed by atoms with van der Waals surface area (Å²) in [5, 5.41) is 19.5. The molecule has 8 heteroatoms. The zero-order chi connectivity index (χ0) is 20.1. The van der Waals surface area contributed by atoms with Crippen LogP contribution in [0.4, 0.5) is 5.82 Å². The molecule has 0 atom stereocenters. The SMILES string of the molecule is COC(=O)c1cccc(CSc2nc(N)c(C#N)c(-c3ccco3)c2C#N)c1. The van der Waals surface area contributed by atoms with E-state index in [0.29, 0.717) is 27.7 Å². The molecule has 2 aromatic heterocycles. The van der Waals surface area contributed by atoms with Crippen molar-refractivity contribution in [1.82, 2.24) is 4.98 Å². The zero-order valence-corrected chi connectivity index (χ0v) is 15.6. The summed E-state index contributed by atoms with van der Waals surface area (Å²) in [7, 11) is 1.32. The summed E-state index contributed by atoms with van der Waals surface area (Å²) in [4.78, 5) is 15.9. The first kappa shape index (κ1) is 19.0. The highest BCUT2D eigenvalue weighted by atomic mass is 32.2. The van der Waals surface area contributed by atoms with Crippen LogP contribution in [0.25, 0.3) is 11.3 Å². The lowest BCUT2D eigenvalue weighted by molar-refractivity contribution is 0.0600. The van der Waals surface area contributed by atoms with Crippen LogP contribution in [-0.2, 0) is 10.5 Å². The van der Waals surface area contributed by atoms with Crippen molar-refractivity contribution in [2.45, 2.75) is 10.8 Å². The number of rotatable bonds is 5. The number of nitriles is 2. The molecule has 0 bridgehead atoms. The van der Waals surface area contributed by atoms with Gasteiger partial charge in [0, 0.05) is 5.75 Å². The van der Waals surface area contributed by atoms with Crippen molar-refractivity contribution in [3.8, 4) is 23.5 Å². The highest BCUT2D eigenvalue weighted by molar-refractivity contribution is 7.98. The van der Waals surface area contributed by atoms with Gasteiger partial charge >= 0.3 is 5.97 Å². The molecule has 0 spiro atoms. The maximum atomic E-state index is 11.7. The lowest BCUT2D eigenvalue weighted by Gasteiger charge is -2.11. The number of nitrogen functional groups attached to an aromatic ring is 1. The fourth-order valence-electron chi connectivity index (χ4n) is 2.63. The molecule has 28 heavy (non-hydrogen) atoms. The van der Waals surface area contributed by atoms with E-state index in [1.165, 1.54) is 25.1 Å². The molecule has 7 nitrogen and oxygen atoms in total. The normalized spacial score (nSPS) is 10.1. The highest BCUT2D eigenvalue weighted by Crippen LogP contribution is 2.36. The molecule has 2 N–H and O–H groups in total. The number of ether oxygens (including phenoxy) is 1. The van der Waals surface area contributed by atoms with Crippen molar-refractivity contribution in [2.75, 3.05) is 12.8 Å². The molecule has 0 unspecified atom stereocenters. The van der Waals surface area contributed by atoms with Gasteiger partial charge in [-0.2, -0.15) is 10.5 Å². The van der Waals surface area contributed by atoms with Crippen LogP contribution in [-0.4, -0.2) is 18.1 Å². The third kappa shape index (κ3) is 3.68. The Morgan fingerprint density at radius 2 is 2.04 bits per heavy atom. The van der Waals surface area contributed by atoms with Gasteiger partial charge < -0.3 is 14.9 Å². The van der Waals surface area contributed by atoms with E-state index in [2.05, 4.69) is 11.1 Å². The molecule has 0 saturated heterocycles. The molecule has 138 valence electrons. The van der Waals surface area contributed by atoms with Crippen molar-refractivity contribution in [3.63, 3.8) is 0 Å². The van der Waals surface area contributed by atoms with Gasteiger partial charge in [-0.1, -0.05) is 12.1 Å². The number of nitrogens with two attached hydrogens (primary N) is 1. The number of hydrogen-bond donors (Lipinski definition) is 1. The van der Waals surface area contributed by atoms with E-state index in [0.717, 1.165) is 5.56 Å². The number of hydrogen-bond acceptors (Lipinski definition) is 8. The maximum absolute atomic E-state index is 11.7. The zero-order valence-electron chi connectivity index (χ0n) is 14.8. The average molecular weight is 390 g/mol. The Hall–Kier alpha value is -3.75. The second-order valence-corrected chi connectivity index (χ2v) is 6.57. The third-order valence-corrected chi connectivity index (χ3v) is 4.95. The predicted molar refractivity (Wildman–Crippen MR) is 103 cm³/mol. The molecule has 0 radical (unpaired) electrons. The fraction of sp³-hybridized carbons (Fsp3) is 0.100. The first-order valence-electron chi connectivity index (χ1n) is 8.06. The number of aromatic nitrogens is 1. The van der Waals surface area contributed by atoms with E-state index in [1.807, 2.05) is 12.1 Å². The van der Waals surface area contributed by atoms with E-state index >= 15 is 0 Å². The maximum Gasteiger partial charge on any atom is 0.337 e. The van der Waals surface area contributed by atoms with Gasteiger partial charge in [0.2, 0.25) is 0 Å². The van der Waals surface area contributed by atoms with Crippen molar-refractivity contribution < 1.29 is 13.9 Å². The second kappa shape index (κ2) is 8.30. The first-order chi connectivity index (χ1) is 13.6. The predicted octanol–water partition coefficient (Wildman–Crippen LogP) is 3.75. The van der Waals surface area contributed by atoms with Crippen molar-refractivity contribution in [3.05, 3.63) is 64.9 Å². The largest absolute Gasteiger partial charge is 0.465 e. The van der Waals surface area contributed by atoms with Gasteiger partial charge in [0.25, 0.3) is 0 Å². The molecule has 0 fully saturated rings. The first-order valence-corrected chi connectivity index (χ1v) is 9.05. The topological polar surface area (TPSA) is 126 Å². The molecule has 1 aromatic carbocycles. The monoisotopic (exact) mass is 390 g/mol. The van der Waals surface area contributed by atoms with Crippen LogP contribution in [0.15, 0.2) is 52.1 Å². The number of esters is 1. The summed E-state index contributed by atoms with van der Waals surface area (Å²) in [6, 6.07) is 14.4. The summed E-state index contributed by atoms with van der Waals surface area (Å²) in [5.41, 5.74) is 7.88. The minimum Gasteiger partial charge on any atom is -0.465 e. The Kier molecular flexibility index (Phi) is 5.64. The van der Waals surface area contributed by atoms with E-state index in [9.17, 15) is 15.3 Å². The number of anilines is 1. The van der Waals surface area contributed by atoms with E-state index in [-0.39, 0.29) is 16.9 Å². The molecule has 2 heterocycles. The van der Waals surface area contributed by atoms with E-state index in [4.69, 9.17) is 14.9 Å². The van der Waals surface area contributed by atoms with Crippen LogP contribution < -0.4 is 5.73 Å². The van der Waals surface area contributed by atoms with Gasteiger partial charge in [0.15, 0.2) is 0 Å². The van der Waals surface area contributed by atoms with E-state index in [1.54, 1.807) is 30.3 Å². The van der Waals surface area contributed by atoms with Crippen molar-refractivity contribution in [2.24, 2.45) is 0 Å². The minimum absolute atomic E-state index is 0.0266. The van der Waals surface area contributed by atoms with Gasteiger partial charge in [0.05, 0.1) is 30.1 Å². The summed E-state index contributed by atoms with van der Waals surface area (Å²) in [5.74, 6) is 0.413. The van der Waals surface area contributed by atoms with Gasteiger partial charge in [0.1, 0.15) is 34.3 Å². The number of thioether (sulfide) groups is 1. The number of carbonyl (C=O) groups excluding carboxylic acids is 1. The van der Waals surface area contributed by atoms with E-state index < -0.39 is 5.97 Å². The molecular weight excluding hydrogens is 376 g/mol. The van der Waals surface area contributed by atoms with Crippen molar-refractivity contribution in [1.29, 1.82) is 10.5 Å². The minimum atomic E-state index is -0.426. The average Bonchev–Trinajstić information content (AvgIpc) is 3.25. The van der Waals surface area contributed by atoms with Crippen molar-refractivity contribution >= 4 is 23.5 Å². The Morgan fingerprint density at radius 1 is 1.25 bits per heavy atom. The molecule has 0 saturated carbocycles. The van der Waals surface area contributed by atoms with Gasteiger partial charge in [-0.05, 0) is 29.8 Å². The summed E-state index contributed by atoms with van der Waals surface area (Å²) in [6.45, 7) is 0. The summed E-state index contributed by atoms with van der Waals surface area (Å²) < 4.78 is 10.1. The number of benzene rings is 1. The lowest BCUT2D eigenvalue weighted by Crippen LogP contribution is -2.03. The number of carbonyl (C=O) groups is 1. The lowest BCUT2D eigenvalue weighted by atomic mass is 10.0. The third-order valence-electron chi connectivity index (χ3n) is 3.91. The molecule has 0 aliphatic heterocycles. The standard InChI is InChI=1S/C20H14N4O3S/c1-26-20(25)13-5-2-4-12(8-13)11-28-19-15(10-22)17(16-6-3-7-27-16)14(9-21)18(23)24-19/h2-8H,11H2,1H3,(H2,23,24). The number of methoxy groups -OCH3 is 1. The summed E-state index contributed by atoms with van der Waals surface area (Å²) >= 11 is 1.28. The van der Waals surface area contributed by atoms with Crippen LogP contribution in [0.3, 0.4) is 0 Å². The fourth-order valence-corrected chi connectivity index (χ4v) is 3.57. The second-order valence-electron chi connectivity index (χ2n) is 5.61. The summed E-state index contributed by atoms with van der Waals surface area (Å²) in [6.07, 6.45) is 1.46. The van der Waals surface area contributed by atoms with Crippen LogP contribution in [0.2, 0.25) is 0 Å². The molecule has 0 aliphatic carbocycles. The van der Waals surface area contributed by atoms with Crippen LogP contribution in [0.5, 0.6) is 0 Å². The van der Waals surface area contributed by atoms with Gasteiger partial charge in [-0.15, -0.1) is 11.8 Å². The Labute approximate surface area is 165 Å². The molecule has 0 amide bonds.